The average molecular weight is 247 g/mol. The van der Waals surface area contributed by atoms with E-state index in [4.69, 9.17) is 4.74 Å². The molecule has 1 atom stereocenters. The van der Waals surface area contributed by atoms with E-state index in [0.29, 0.717) is 0 Å². The number of hydrogen-bond donors (Lipinski definition) is 1. The van der Waals surface area contributed by atoms with Crippen LogP contribution in [0.25, 0.3) is 0 Å². The number of carbonyl (C=O) groups excluding carboxylic acids is 1. The van der Waals surface area contributed by atoms with Crippen molar-refractivity contribution in [2.24, 2.45) is 5.92 Å². The summed E-state index contributed by atoms with van der Waals surface area (Å²) in [7, 11) is 1.44. The maximum absolute atomic E-state index is 11.9. The van der Waals surface area contributed by atoms with Gasteiger partial charge < -0.3 is 10.1 Å². The minimum atomic E-state index is -0.339. The lowest BCUT2D eigenvalue weighted by molar-refractivity contribution is -0.143. The van der Waals surface area contributed by atoms with E-state index in [9.17, 15) is 4.79 Å². The van der Waals surface area contributed by atoms with Gasteiger partial charge in [0.15, 0.2) is 0 Å². The highest BCUT2D eigenvalue weighted by Gasteiger charge is 2.26. The molecule has 1 aromatic carbocycles. The van der Waals surface area contributed by atoms with Gasteiger partial charge in [0.1, 0.15) is 6.04 Å². The molecule has 18 heavy (non-hydrogen) atoms. The molecule has 0 aliphatic heterocycles. The topological polar surface area (TPSA) is 38.3 Å². The predicted octanol–water partition coefficient (Wildman–Crippen LogP) is 2.52. The highest BCUT2D eigenvalue weighted by atomic mass is 16.5. The van der Waals surface area contributed by atoms with Crippen molar-refractivity contribution < 1.29 is 9.53 Å². The van der Waals surface area contributed by atoms with Crippen LogP contribution in [0, 0.1) is 19.8 Å². The Morgan fingerprint density at radius 1 is 1.33 bits per heavy atom. The number of aryl methyl sites for hydroxylation is 2. The lowest BCUT2D eigenvalue weighted by atomic mass is 10.0. The van der Waals surface area contributed by atoms with Crippen molar-refractivity contribution in [3.05, 3.63) is 34.9 Å². The average Bonchev–Trinajstić information content (AvgIpc) is 3.11. The Kier molecular flexibility index (Phi) is 4.02. The lowest BCUT2D eigenvalue weighted by Gasteiger charge is -2.18. The van der Waals surface area contributed by atoms with Crippen molar-refractivity contribution in [3.63, 3.8) is 0 Å². The van der Waals surface area contributed by atoms with Crippen LogP contribution in [0.15, 0.2) is 18.2 Å². The highest BCUT2D eigenvalue weighted by molar-refractivity contribution is 5.77. The first-order valence-electron chi connectivity index (χ1n) is 6.49. The molecule has 3 heteroatoms. The minimum Gasteiger partial charge on any atom is -0.468 e. The number of esters is 1. The molecule has 3 nitrogen and oxygen atoms in total. The Balaban J connectivity index is 2.16. The fourth-order valence-corrected chi connectivity index (χ4v) is 2.24. The van der Waals surface area contributed by atoms with Gasteiger partial charge in [0.05, 0.1) is 7.11 Å². The summed E-state index contributed by atoms with van der Waals surface area (Å²) in [6, 6.07) is 5.87. The van der Waals surface area contributed by atoms with E-state index in [2.05, 4.69) is 23.5 Å². The summed E-state index contributed by atoms with van der Waals surface area (Å²) in [5.74, 6) is 0.531. The molecule has 1 N–H and O–H groups in total. The monoisotopic (exact) mass is 247 g/mol. The molecule has 98 valence electrons. The zero-order valence-electron chi connectivity index (χ0n) is 11.3. The minimum absolute atomic E-state index is 0.208. The van der Waals surface area contributed by atoms with E-state index >= 15 is 0 Å². The molecule has 2 rings (SSSR count). The Hall–Kier alpha value is -1.35. The summed E-state index contributed by atoms with van der Waals surface area (Å²) >= 11 is 0. The molecule has 0 amide bonds. The summed E-state index contributed by atoms with van der Waals surface area (Å²) in [5, 5.41) is 3.33. The molecule has 0 bridgehead atoms. The van der Waals surface area contributed by atoms with Gasteiger partial charge in [0.25, 0.3) is 0 Å². The Morgan fingerprint density at radius 2 is 1.94 bits per heavy atom. The molecule has 0 aromatic heterocycles. The maximum atomic E-state index is 11.9. The molecule has 0 spiro atoms. The van der Waals surface area contributed by atoms with E-state index in [-0.39, 0.29) is 12.0 Å². The summed E-state index contributed by atoms with van der Waals surface area (Å²) in [6.45, 7) is 4.99. The number of rotatable bonds is 5. The molecular formula is C15H21NO2. The third-order valence-corrected chi connectivity index (χ3v) is 3.32. The normalized spacial score (nSPS) is 16.4. The van der Waals surface area contributed by atoms with Gasteiger partial charge >= 0.3 is 5.97 Å². The fourth-order valence-electron chi connectivity index (χ4n) is 2.24. The molecule has 0 radical (unpaired) electrons. The van der Waals surface area contributed by atoms with Gasteiger partial charge in [0.2, 0.25) is 0 Å². The zero-order chi connectivity index (χ0) is 13.1. The van der Waals surface area contributed by atoms with Gasteiger partial charge in [-0.2, -0.15) is 0 Å². The number of benzene rings is 1. The molecule has 1 fully saturated rings. The van der Waals surface area contributed by atoms with Gasteiger partial charge in [-0.3, -0.25) is 0 Å². The zero-order valence-corrected chi connectivity index (χ0v) is 11.3. The smallest absolute Gasteiger partial charge is 0.327 e. The number of nitrogens with one attached hydrogen (secondary N) is 1. The maximum Gasteiger partial charge on any atom is 0.327 e. The van der Waals surface area contributed by atoms with E-state index in [1.54, 1.807) is 0 Å². The second-order valence-corrected chi connectivity index (χ2v) is 5.23. The van der Waals surface area contributed by atoms with E-state index in [1.165, 1.54) is 31.1 Å². The Morgan fingerprint density at radius 3 is 2.44 bits per heavy atom. The number of ether oxygens (including phenoxy) is 1. The van der Waals surface area contributed by atoms with Crippen LogP contribution in [0.4, 0.5) is 0 Å². The largest absolute Gasteiger partial charge is 0.468 e. The lowest BCUT2D eigenvalue weighted by Crippen LogP contribution is -2.31. The summed E-state index contributed by atoms with van der Waals surface area (Å²) < 4.78 is 4.90. The van der Waals surface area contributed by atoms with Crippen molar-refractivity contribution in [3.8, 4) is 0 Å². The molecule has 0 heterocycles. The van der Waals surface area contributed by atoms with Crippen LogP contribution >= 0.6 is 0 Å². The summed E-state index contributed by atoms with van der Waals surface area (Å²) in [6.07, 6.45) is 2.54. The van der Waals surface area contributed by atoms with Crippen molar-refractivity contribution in [1.29, 1.82) is 0 Å². The first kappa shape index (κ1) is 13.1. The van der Waals surface area contributed by atoms with Crippen LogP contribution in [0.1, 0.15) is 35.6 Å². The SMILES string of the molecule is COC(=O)C(NCC1CC1)c1cc(C)cc(C)c1. The molecule has 1 aromatic rings. The van der Waals surface area contributed by atoms with Crippen LogP contribution in [-0.4, -0.2) is 19.6 Å². The molecule has 0 saturated heterocycles. The number of carbonyl (C=O) groups is 1. The Bertz CT molecular complexity index is 418. The van der Waals surface area contributed by atoms with Crippen LogP contribution < -0.4 is 5.32 Å². The fraction of sp³-hybridized carbons (Fsp3) is 0.533. The van der Waals surface area contributed by atoms with Crippen LogP contribution in [0.2, 0.25) is 0 Å². The molecule has 1 saturated carbocycles. The molecule has 1 aliphatic rings. The third kappa shape index (κ3) is 3.33. The highest BCUT2D eigenvalue weighted by Crippen LogP contribution is 2.29. The Labute approximate surface area is 109 Å². The predicted molar refractivity (Wildman–Crippen MR) is 71.4 cm³/mol. The van der Waals surface area contributed by atoms with Gasteiger partial charge in [-0.05, 0) is 44.7 Å². The van der Waals surface area contributed by atoms with Gasteiger partial charge in [-0.1, -0.05) is 29.3 Å². The van der Waals surface area contributed by atoms with Gasteiger partial charge in [-0.15, -0.1) is 0 Å². The van der Waals surface area contributed by atoms with Crippen molar-refractivity contribution in [2.45, 2.75) is 32.7 Å². The van der Waals surface area contributed by atoms with E-state index in [0.717, 1.165) is 18.0 Å². The quantitative estimate of drug-likeness (QED) is 0.812. The number of hydrogen-bond acceptors (Lipinski definition) is 3. The second kappa shape index (κ2) is 5.53. The van der Waals surface area contributed by atoms with Crippen molar-refractivity contribution >= 4 is 5.97 Å². The van der Waals surface area contributed by atoms with Crippen molar-refractivity contribution in [1.82, 2.24) is 5.32 Å². The summed E-state index contributed by atoms with van der Waals surface area (Å²) in [5.41, 5.74) is 3.35. The van der Waals surface area contributed by atoms with Crippen LogP contribution in [0.5, 0.6) is 0 Å². The first-order chi connectivity index (χ1) is 8.60. The molecule has 1 aliphatic carbocycles. The van der Waals surface area contributed by atoms with E-state index in [1.807, 2.05) is 13.8 Å². The standard InChI is InChI=1S/C15H21NO2/c1-10-6-11(2)8-13(7-10)14(15(17)18-3)16-9-12-4-5-12/h6-8,12,14,16H,4-5,9H2,1-3H3. The van der Waals surface area contributed by atoms with E-state index < -0.39 is 0 Å². The molecule has 1 unspecified atom stereocenters. The number of methoxy groups -OCH3 is 1. The summed E-state index contributed by atoms with van der Waals surface area (Å²) in [4.78, 5) is 11.9. The van der Waals surface area contributed by atoms with Crippen LogP contribution in [0.3, 0.4) is 0 Å². The second-order valence-electron chi connectivity index (χ2n) is 5.23. The van der Waals surface area contributed by atoms with Crippen LogP contribution in [-0.2, 0) is 9.53 Å². The van der Waals surface area contributed by atoms with Gasteiger partial charge in [-0.25, -0.2) is 4.79 Å². The van der Waals surface area contributed by atoms with Crippen molar-refractivity contribution in [2.75, 3.05) is 13.7 Å². The third-order valence-electron chi connectivity index (χ3n) is 3.32. The molecular weight excluding hydrogens is 226 g/mol. The van der Waals surface area contributed by atoms with Gasteiger partial charge in [0, 0.05) is 0 Å². The first-order valence-corrected chi connectivity index (χ1v) is 6.49.